The fraction of sp³-hybridized carbons (Fsp3) is 0.729. The number of ether oxygens (including phenoxy) is 1. The number of amides is 1. The Balaban J connectivity index is 4.69. The summed E-state index contributed by atoms with van der Waals surface area (Å²) in [5.74, 6) is -0.535. The molecule has 0 bridgehead atoms. The Bertz CT molecular complexity index is 1250. The Labute approximate surface area is 402 Å². The van der Waals surface area contributed by atoms with Crippen LogP contribution >= 0.6 is 0 Å². The first kappa shape index (κ1) is 62.0. The van der Waals surface area contributed by atoms with Gasteiger partial charge in [0.2, 0.25) is 5.91 Å². The molecule has 0 aliphatic heterocycles. The SMILES string of the molecule is CC/C=C/C=C/C=C/C=C\CCCCCCCC(=O)OC(CCCCC/C=C/C=C/C=C/CCCCCCC)CC(=O)NC(CO)C(O)CCCCCCCCCCCCCCCCC. The number of allylic oxidation sites excluding steroid dienone is 14. The van der Waals surface area contributed by atoms with Gasteiger partial charge in [0, 0.05) is 6.42 Å². The maximum atomic E-state index is 13.2. The topological polar surface area (TPSA) is 95.9 Å². The monoisotopic (exact) mass is 906 g/mol. The zero-order chi connectivity index (χ0) is 47.4. The molecule has 0 aliphatic carbocycles. The van der Waals surface area contributed by atoms with Gasteiger partial charge in [0.25, 0.3) is 0 Å². The van der Waals surface area contributed by atoms with Gasteiger partial charge in [-0.25, -0.2) is 0 Å². The van der Waals surface area contributed by atoms with E-state index in [1.165, 1.54) is 109 Å². The lowest BCUT2D eigenvalue weighted by atomic mass is 10.0. The molecular formula is C59H103NO5. The van der Waals surface area contributed by atoms with Crippen molar-refractivity contribution in [2.75, 3.05) is 6.61 Å². The first-order chi connectivity index (χ1) is 32.0. The zero-order valence-corrected chi connectivity index (χ0v) is 42.6. The fourth-order valence-electron chi connectivity index (χ4n) is 7.97. The second-order valence-corrected chi connectivity index (χ2v) is 18.4. The molecule has 0 aliphatic rings. The quantitative estimate of drug-likeness (QED) is 0.0321. The van der Waals surface area contributed by atoms with E-state index < -0.39 is 18.2 Å². The molecule has 6 heteroatoms. The summed E-state index contributed by atoms with van der Waals surface area (Å²) in [7, 11) is 0. The number of rotatable bonds is 48. The van der Waals surface area contributed by atoms with E-state index >= 15 is 0 Å². The lowest BCUT2D eigenvalue weighted by molar-refractivity contribution is -0.151. The molecule has 6 nitrogen and oxygen atoms in total. The Morgan fingerprint density at radius 3 is 1.28 bits per heavy atom. The van der Waals surface area contributed by atoms with Gasteiger partial charge < -0.3 is 20.3 Å². The molecule has 374 valence electrons. The minimum atomic E-state index is -0.806. The van der Waals surface area contributed by atoms with Crippen LogP contribution in [0.5, 0.6) is 0 Å². The number of carbonyl (C=O) groups is 2. The zero-order valence-electron chi connectivity index (χ0n) is 42.6. The highest BCUT2D eigenvalue weighted by atomic mass is 16.5. The van der Waals surface area contributed by atoms with Gasteiger partial charge in [0.05, 0.1) is 25.2 Å². The Kier molecular flexibility index (Phi) is 49.6. The minimum absolute atomic E-state index is 0.0414. The second-order valence-electron chi connectivity index (χ2n) is 18.4. The van der Waals surface area contributed by atoms with Crippen molar-refractivity contribution in [1.82, 2.24) is 5.32 Å². The van der Waals surface area contributed by atoms with Crippen LogP contribution in [-0.2, 0) is 14.3 Å². The van der Waals surface area contributed by atoms with E-state index in [0.29, 0.717) is 19.3 Å². The third kappa shape index (κ3) is 47.3. The summed E-state index contributed by atoms with van der Waals surface area (Å²) < 4.78 is 5.92. The Morgan fingerprint density at radius 2 is 0.831 bits per heavy atom. The normalized spacial score (nSPS) is 13.9. The molecule has 0 heterocycles. The van der Waals surface area contributed by atoms with Crippen molar-refractivity contribution in [3.05, 3.63) is 85.1 Å². The smallest absolute Gasteiger partial charge is 0.306 e. The number of aliphatic hydroxyl groups is 2. The van der Waals surface area contributed by atoms with E-state index in [1.54, 1.807) is 0 Å². The summed E-state index contributed by atoms with van der Waals surface area (Å²) in [6.07, 6.45) is 67.8. The van der Waals surface area contributed by atoms with Gasteiger partial charge in [-0.3, -0.25) is 9.59 Å². The van der Waals surface area contributed by atoms with Gasteiger partial charge in [-0.15, -0.1) is 0 Å². The van der Waals surface area contributed by atoms with E-state index in [1.807, 2.05) is 18.2 Å². The molecule has 3 unspecified atom stereocenters. The summed E-state index contributed by atoms with van der Waals surface area (Å²) in [6.45, 7) is 6.32. The third-order valence-electron chi connectivity index (χ3n) is 12.1. The van der Waals surface area contributed by atoms with Gasteiger partial charge in [0.1, 0.15) is 6.10 Å². The first-order valence-corrected chi connectivity index (χ1v) is 27.4. The highest BCUT2D eigenvalue weighted by Gasteiger charge is 2.24. The van der Waals surface area contributed by atoms with E-state index in [4.69, 9.17) is 4.74 Å². The van der Waals surface area contributed by atoms with Crippen molar-refractivity contribution in [2.24, 2.45) is 0 Å². The second kappa shape index (κ2) is 52.0. The number of unbranched alkanes of at least 4 members (excludes halogenated alkanes) is 27. The fourth-order valence-corrected chi connectivity index (χ4v) is 7.97. The molecule has 0 fully saturated rings. The van der Waals surface area contributed by atoms with Crippen LogP contribution in [0.25, 0.3) is 0 Å². The van der Waals surface area contributed by atoms with Gasteiger partial charge in [-0.05, 0) is 70.6 Å². The van der Waals surface area contributed by atoms with Crippen LogP contribution in [0.3, 0.4) is 0 Å². The summed E-state index contributed by atoms with van der Waals surface area (Å²) in [4.78, 5) is 26.2. The maximum absolute atomic E-state index is 13.2. The molecule has 0 aromatic heterocycles. The molecule has 0 saturated carbocycles. The molecule has 3 N–H and O–H groups in total. The predicted octanol–water partition coefficient (Wildman–Crippen LogP) is 16.7. The van der Waals surface area contributed by atoms with Crippen molar-refractivity contribution >= 4 is 11.9 Å². The molecule has 0 aromatic rings. The molecule has 0 rings (SSSR count). The van der Waals surface area contributed by atoms with E-state index in [2.05, 4.69) is 92.9 Å². The Morgan fingerprint density at radius 1 is 0.462 bits per heavy atom. The maximum Gasteiger partial charge on any atom is 0.306 e. The first-order valence-electron chi connectivity index (χ1n) is 27.4. The van der Waals surface area contributed by atoms with Crippen molar-refractivity contribution in [1.29, 1.82) is 0 Å². The summed E-state index contributed by atoms with van der Waals surface area (Å²) in [5, 5.41) is 23.8. The predicted molar refractivity (Wildman–Crippen MR) is 282 cm³/mol. The standard InChI is InChI=1S/C59H103NO5/c1-4-7-10-13-16-19-22-25-28-31-32-35-38-41-44-47-50-55(65-59(64)52-49-46-43-40-37-34-30-27-24-21-18-15-12-9-6-3)53-58(63)60-56(54-61)57(62)51-48-45-42-39-36-33-29-26-23-20-17-14-11-8-5-2/h9,12,15,18,21-22,24-25,27-28,30-32,35,55-57,61-62H,4-8,10-11,13-14,16-17,19-20,23,26,29,33-34,36-54H2,1-3H3,(H,60,63)/b12-9+,18-15+,24-21+,25-22+,30-27-,31-28+,35-32+. The van der Waals surface area contributed by atoms with Gasteiger partial charge in [0.15, 0.2) is 0 Å². The summed E-state index contributed by atoms with van der Waals surface area (Å²) in [6, 6.07) is -0.723. The van der Waals surface area contributed by atoms with Crippen molar-refractivity contribution < 1.29 is 24.5 Å². The molecule has 3 atom stereocenters. The van der Waals surface area contributed by atoms with Crippen LogP contribution in [0.2, 0.25) is 0 Å². The van der Waals surface area contributed by atoms with Gasteiger partial charge >= 0.3 is 5.97 Å². The number of aliphatic hydroxyl groups excluding tert-OH is 2. The highest BCUT2D eigenvalue weighted by molar-refractivity contribution is 5.77. The van der Waals surface area contributed by atoms with Crippen LogP contribution in [0, 0.1) is 0 Å². The highest BCUT2D eigenvalue weighted by Crippen LogP contribution is 2.17. The average molecular weight is 906 g/mol. The van der Waals surface area contributed by atoms with Crippen molar-refractivity contribution in [3.8, 4) is 0 Å². The van der Waals surface area contributed by atoms with Gasteiger partial charge in [-0.2, -0.15) is 0 Å². The molecular weight excluding hydrogens is 803 g/mol. The molecule has 0 radical (unpaired) electrons. The number of carbonyl (C=O) groups excluding carboxylic acids is 2. The van der Waals surface area contributed by atoms with E-state index in [-0.39, 0.29) is 24.9 Å². The lowest BCUT2D eigenvalue weighted by Crippen LogP contribution is -2.46. The van der Waals surface area contributed by atoms with Gasteiger partial charge in [-0.1, -0.05) is 254 Å². The molecule has 1 amide bonds. The van der Waals surface area contributed by atoms with Crippen molar-refractivity contribution in [2.45, 2.75) is 270 Å². The lowest BCUT2D eigenvalue weighted by Gasteiger charge is -2.24. The van der Waals surface area contributed by atoms with Crippen LogP contribution in [0.4, 0.5) is 0 Å². The van der Waals surface area contributed by atoms with Crippen molar-refractivity contribution in [3.63, 3.8) is 0 Å². The molecule has 0 aromatic carbocycles. The molecule has 0 saturated heterocycles. The van der Waals surface area contributed by atoms with E-state index in [9.17, 15) is 19.8 Å². The van der Waals surface area contributed by atoms with E-state index in [0.717, 1.165) is 96.3 Å². The van der Waals surface area contributed by atoms with Crippen LogP contribution in [0.15, 0.2) is 85.1 Å². The van der Waals surface area contributed by atoms with Crippen LogP contribution < -0.4 is 5.32 Å². The minimum Gasteiger partial charge on any atom is -0.462 e. The number of nitrogens with one attached hydrogen (secondary N) is 1. The number of esters is 1. The average Bonchev–Trinajstić information content (AvgIpc) is 3.30. The number of hydrogen-bond acceptors (Lipinski definition) is 5. The Hall–Kier alpha value is -2.96. The third-order valence-corrected chi connectivity index (χ3v) is 12.1. The van der Waals surface area contributed by atoms with Crippen LogP contribution in [-0.4, -0.2) is 46.9 Å². The summed E-state index contributed by atoms with van der Waals surface area (Å²) >= 11 is 0. The molecule has 65 heavy (non-hydrogen) atoms. The largest absolute Gasteiger partial charge is 0.462 e. The number of hydrogen-bond donors (Lipinski definition) is 3. The molecule has 0 spiro atoms. The summed E-state index contributed by atoms with van der Waals surface area (Å²) in [5.41, 5.74) is 0. The van der Waals surface area contributed by atoms with Crippen LogP contribution in [0.1, 0.15) is 252 Å².